The van der Waals surface area contributed by atoms with E-state index in [1.54, 1.807) is 0 Å². The van der Waals surface area contributed by atoms with E-state index in [1.165, 1.54) is 104 Å². The standard InChI is InChI=1S/C62H44N2/c1-62(2)55-21-11-10-20-49(55)51-37-53-54(38-56(51)62)60(47-31-27-40-15-7-9-17-44(40)35-47)52-36-45(32-33-50(52)59(53)46-30-26-39-14-6-8-16-43(39)34-46)41-24-28-42(29-25-41)61-63-57-22-12-13-23-58(57)64(61)48-18-4-3-5-19-48/h3-4,6-18,20-38H,5,19H2,1-2H3. The third-order valence-electron chi connectivity index (χ3n) is 14.2. The van der Waals surface area contributed by atoms with Crippen LogP contribution in [0.3, 0.4) is 0 Å². The minimum Gasteiger partial charge on any atom is -0.296 e. The number of hydrogen-bond acceptors (Lipinski definition) is 1. The molecule has 10 aromatic carbocycles. The number of imidazole rings is 1. The predicted octanol–water partition coefficient (Wildman–Crippen LogP) is 16.8. The Hall–Kier alpha value is -7.81. The summed E-state index contributed by atoms with van der Waals surface area (Å²) < 4.78 is 2.36. The first-order valence-corrected chi connectivity index (χ1v) is 22.6. The summed E-state index contributed by atoms with van der Waals surface area (Å²) in [5, 5.41) is 10.0. The van der Waals surface area contributed by atoms with E-state index in [9.17, 15) is 0 Å². The Morgan fingerprint density at radius 3 is 1.78 bits per heavy atom. The van der Waals surface area contributed by atoms with E-state index in [2.05, 4.69) is 225 Å². The molecular formula is C62H44N2. The molecule has 0 bridgehead atoms. The van der Waals surface area contributed by atoms with Crippen LogP contribution in [0.2, 0.25) is 0 Å². The fourth-order valence-electron chi connectivity index (χ4n) is 11.0. The van der Waals surface area contributed by atoms with Gasteiger partial charge in [0.1, 0.15) is 5.82 Å². The topological polar surface area (TPSA) is 17.8 Å². The van der Waals surface area contributed by atoms with Crippen LogP contribution in [0.5, 0.6) is 0 Å². The molecule has 0 unspecified atom stereocenters. The van der Waals surface area contributed by atoms with Crippen LogP contribution in [0.25, 0.3) is 116 Å². The van der Waals surface area contributed by atoms with Crippen LogP contribution >= 0.6 is 0 Å². The van der Waals surface area contributed by atoms with Gasteiger partial charge in [-0.1, -0.05) is 172 Å². The van der Waals surface area contributed by atoms with Gasteiger partial charge in [0.25, 0.3) is 0 Å². The van der Waals surface area contributed by atoms with Gasteiger partial charge in [-0.3, -0.25) is 4.57 Å². The summed E-state index contributed by atoms with van der Waals surface area (Å²) in [5.41, 5.74) is 17.2. The van der Waals surface area contributed by atoms with E-state index >= 15 is 0 Å². The smallest absolute Gasteiger partial charge is 0.145 e. The maximum absolute atomic E-state index is 5.20. The first-order valence-electron chi connectivity index (χ1n) is 22.6. The maximum Gasteiger partial charge on any atom is 0.145 e. The van der Waals surface area contributed by atoms with E-state index in [1.807, 2.05) is 0 Å². The van der Waals surface area contributed by atoms with Gasteiger partial charge >= 0.3 is 0 Å². The maximum atomic E-state index is 5.20. The average Bonchev–Trinajstić information content (AvgIpc) is 3.84. The van der Waals surface area contributed by atoms with Crippen LogP contribution in [-0.2, 0) is 5.41 Å². The van der Waals surface area contributed by atoms with Gasteiger partial charge in [-0.2, -0.15) is 0 Å². The zero-order valence-electron chi connectivity index (χ0n) is 35.9. The van der Waals surface area contributed by atoms with Crippen molar-refractivity contribution in [1.82, 2.24) is 9.55 Å². The summed E-state index contributed by atoms with van der Waals surface area (Å²) in [6.07, 6.45) is 8.68. The molecular weight excluding hydrogens is 773 g/mol. The SMILES string of the molecule is CC1(C)c2ccccc2-c2cc3c(-c4ccc5ccccc5c4)c4ccc(-c5ccc(-c6nc7ccccc7n6C6=CC=CCC6)cc5)cc4c(-c4ccc5ccccc5c4)c3cc21. The highest BCUT2D eigenvalue weighted by Crippen LogP contribution is 2.54. The van der Waals surface area contributed by atoms with Crippen molar-refractivity contribution in [3.8, 4) is 55.9 Å². The number of rotatable bonds is 5. The van der Waals surface area contributed by atoms with Crippen molar-refractivity contribution in [2.45, 2.75) is 32.1 Å². The minimum atomic E-state index is -0.146. The highest BCUT2D eigenvalue weighted by molar-refractivity contribution is 6.23. The van der Waals surface area contributed by atoms with E-state index in [0.29, 0.717) is 0 Å². The van der Waals surface area contributed by atoms with Crippen molar-refractivity contribution in [3.05, 3.63) is 217 Å². The second-order valence-corrected chi connectivity index (χ2v) is 18.2. The van der Waals surface area contributed by atoms with Crippen LogP contribution < -0.4 is 0 Å². The van der Waals surface area contributed by atoms with Crippen LogP contribution in [0.15, 0.2) is 206 Å². The molecule has 0 saturated heterocycles. The molecule has 302 valence electrons. The molecule has 2 aliphatic rings. The molecule has 1 heterocycles. The van der Waals surface area contributed by atoms with Crippen molar-refractivity contribution in [1.29, 1.82) is 0 Å². The van der Waals surface area contributed by atoms with Gasteiger partial charge in [-0.25, -0.2) is 4.98 Å². The number of aromatic nitrogens is 2. The van der Waals surface area contributed by atoms with Crippen molar-refractivity contribution < 1.29 is 0 Å². The van der Waals surface area contributed by atoms with Gasteiger partial charge in [0.15, 0.2) is 0 Å². The largest absolute Gasteiger partial charge is 0.296 e. The summed E-state index contributed by atoms with van der Waals surface area (Å²) in [7, 11) is 0. The molecule has 0 atom stereocenters. The first-order chi connectivity index (χ1) is 31.5. The lowest BCUT2D eigenvalue weighted by atomic mass is 9.79. The Labute approximate surface area is 373 Å². The molecule has 2 heteroatoms. The number of allylic oxidation sites excluding steroid dienone is 4. The average molecular weight is 817 g/mol. The third-order valence-corrected chi connectivity index (χ3v) is 14.2. The van der Waals surface area contributed by atoms with Gasteiger partial charge in [0, 0.05) is 16.7 Å². The molecule has 2 aliphatic carbocycles. The summed E-state index contributed by atoms with van der Waals surface area (Å²) in [6.45, 7) is 4.79. The highest BCUT2D eigenvalue weighted by Gasteiger charge is 2.36. The summed E-state index contributed by atoms with van der Waals surface area (Å²) >= 11 is 0. The molecule has 0 spiro atoms. The normalized spacial score (nSPS) is 14.1. The fraction of sp³-hybridized carbons (Fsp3) is 0.0806. The lowest BCUT2D eigenvalue weighted by Crippen LogP contribution is -2.14. The van der Waals surface area contributed by atoms with E-state index in [0.717, 1.165) is 35.3 Å². The molecule has 0 saturated carbocycles. The van der Waals surface area contributed by atoms with E-state index in [4.69, 9.17) is 4.98 Å². The second-order valence-electron chi connectivity index (χ2n) is 18.2. The highest BCUT2D eigenvalue weighted by atomic mass is 15.1. The third kappa shape index (κ3) is 5.62. The molecule has 0 radical (unpaired) electrons. The van der Waals surface area contributed by atoms with E-state index in [-0.39, 0.29) is 5.41 Å². The Bertz CT molecular complexity index is 3800. The number of fused-ring (bicyclic) bond motifs is 8. The van der Waals surface area contributed by atoms with Crippen molar-refractivity contribution in [3.63, 3.8) is 0 Å². The molecule has 64 heavy (non-hydrogen) atoms. The lowest BCUT2D eigenvalue weighted by Gasteiger charge is -2.24. The lowest BCUT2D eigenvalue weighted by molar-refractivity contribution is 0.661. The molecule has 1 aromatic heterocycles. The number of para-hydroxylation sites is 2. The second kappa shape index (κ2) is 14.1. The van der Waals surface area contributed by atoms with Crippen molar-refractivity contribution in [2.75, 3.05) is 0 Å². The van der Waals surface area contributed by atoms with Gasteiger partial charge in [-0.15, -0.1) is 0 Å². The van der Waals surface area contributed by atoms with Crippen LogP contribution in [-0.4, -0.2) is 9.55 Å². The van der Waals surface area contributed by atoms with Gasteiger partial charge in [0.05, 0.1) is 11.0 Å². The Morgan fingerprint density at radius 2 is 1.05 bits per heavy atom. The number of hydrogen-bond donors (Lipinski definition) is 0. The Kier molecular flexibility index (Phi) is 8.11. The molecule has 13 rings (SSSR count). The summed E-state index contributed by atoms with van der Waals surface area (Å²) in [4.78, 5) is 5.20. The van der Waals surface area contributed by atoms with Crippen LogP contribution in [0, 0.1) is 0 Å². The zero-order chi connectivity index (χ0) is 42.5. The zero-order valence-corrected chi connectivity index (χ0v) is 35.9. The van der Waals surface area contributed by atoms with Crippen LogP contribution in [0.1, 0.15) is 37.8 Å². The molecule has 11 aromatic rings. The number of nitrogens with zero attached hydrogens (tertiary/aromatic N) is 2. The van der Waals surface area contributed by atoms with Crippen LogP contribution in [0.4, 0.5) is 0 Å². The molecule has 0 aliphatic heterocycles. The quantitative estimate of drug-likeness (QED) is 0.158. The Balaban J connectivity index is 1.08. The van der Waals surface area contributed by atoms with E-state index < -0.39 is 0 Å². The minimum absolute atomic E-state index is 0.146. The van der Waals surface area contributed by atoms with Crippen molar-refractivity contribution in [2.24, 2.45) is 0 Å². The summed E-state index contributed by atoms with van der Waals surface area (Å²) in [6, 6.07) is 70.3. The monoisotopic (exact) mass is 816 g/mol. The number of benzene rings is 10. The summed E-state index contributed by atoms with van der Waals surface area (Å²) in [5.74, 6) is 0.982. The molecule has 0 fully saturated rings. The molecule has 0 N–H and O–H groups in total. The van der Waals surface area contributed by atoms with Gasteiger partial charge in [0.2, 0.25) is 0 Å². The predicted molar refractivity (Wildman–Crippen MR) is 272 cm³/mol. The Morgan fingerprint density at radius 1 is 0.453 bits per heavy atom. The fourth-order valence-corrected chi connectivity index (χ4v) is 11.0. The molecule has 0 amide bonds. The van der Waals surface area contributed by atoms with Crippen molar-refractivity contribution >= 4 is 59.8 Å². The van der Waals surface area contributed by atoms with Gasteiger partial charge in [-0.05, 0) is 160 Å². The van der Waals surface area contributed by atoms with Gasteiger partial charge < -0.3 is 0 Å². The first kappa shape index (κ1) is 36.8. The molecule has 2 nitrogen and oxygen atoms in total.